The van der Waals surface area contributed by atoms with Crippen LogP contribution in [0.1, 0.15) is 47.5 Å². The molecule has 2 nitrogen and oxygen atoms in total. The van der Waals surface area contributed by atoms with Gasteiger partial charge in [0.2, 0.25) is 0 Å². The van der Waals surface area contributed by atoms with Gasteiger partial charge in [-0.05, 0) is 25.2 Å². The van der Waals surface area contributed by atoms with Crippen LogP contribution in [0.25, 0.3) is 0 Å². The number of ether oxygens (including phenoxy) is 1. The summed E-state index contributed by atoms with van der Waals surface area (Å²) < 4.78 is 5.65. The van der Waals surface area contributed by atoms with Gasteiger partial charge in [-0.1, -0.05) is 27.7 Å². The summed E-state index contributed by atoms with van der Waals surface area (Å²) in [6.07, 6.45) is 2.26. The van der Waals surface area contributed by atoms with Crippen LogP contribution in [0.5, 0.6) is 0 Å². The van der Waals surface area contributed by atoms with E-state index >= 15 is 0 Å². The van der Waals surface area contributed by atoms with Crippen molar-refractivity contribution in [3.8, 4) is 0 Å². The first kappa shape index (κ1) is 12.9. The third-order valence-corrected chi connectivity index (χ3v) is 2.31. The summed E-state index contributed by atoms with van der Waals surface area (Å²) in [6.45, 7) is 11.6. The lowest BCUT2D eigenvalue weighted by Gasteiger charge is -2.22. The van der Waals surface area contributed by atoms with Crippen molar-refractivity contribution in [1.29, 1.82) is 0 Å². The van der Waals surface area contributed by atoms with Gasteiger partial charge >= 0.3 is 0 Å². The maximum absolute atomic E-state index is 5.84. The largest absolute Gasteiger partial charge is 0.377 e. The van der Waals surface area contributed by atoms with E-state index < -0.39 is 0 Å². The van der Waals surface area contributed by atoms with E-state index in [2.05, 4.69) is 34.6 Å². The summed E-state index contributed by atoms with van der Waals surface area (Å²) in [5, 5.41) is 0. The van der Waals surface area contributed by atoms with Crippen molar-refractivity contribution >= 4 is 0 Å². The average molecular weight is 187 g/mol. The summed E-state index contributed by atoms with van der Waals surface area (Å²) >= 11 is 0. The third-order valence-electron chi connectivity index (χ3n) is 2.31. The Bertz CT molecular complexity index is 129. The van der Waals surface area contributed by atoms with Crippen LogP contribution in [0.15, 0.2) is 0 Å². The molecule has 0 spiro atoms. The first-order chi connectivity index (χ1) is 5.87. The highest BCUT2D eigenvalue weighted by atomic mass is 16.5. The molecule has 13 heavy (non-hydrogen) atoms. The second-order valence-corrected chi connectivity index (χ2v) is 4.96. The SMILES string of the molecule is CCC(N)C(C)OCCC(C)(C)C. The molecule has 0 aromatic carbocycles. The molecular weight excluding hydrogens is 162 g/mol. The monoisotopic (exact) mass is 187 g/mol. The molecule has 0 heterocycles. The number of rotatable bonds is 5. The molecule has 80 valence electrons. The van der Waals surface area contributed by atoms with Gasteiger partial charge in [0.25, 0.3) is 0 Å². The summed E-state index contributed by atoms with van der Waals surface area (Å²) in [6, 6.07) is 0.181. The minimum absolute atomic E-state index is 0.181. The van der Waals surface area contributed by atoms with Crippen molar-refractivity contribution in [3.63, 3.8) is 0 Å². The Labute approximate surface area is 82.8 Å². The van der Waals surface area contributed by atoms with E-state index in [9.17, 15) is 0 Å². The average Bonchev–Trinajstić information content (AvgIpc) is 2.00. The molecule has 0 aliphatic heterocycles. The summed E-state index contributed by atoms with van der Waals surface area (Å²) in [4.78, 5) is 0. The highest BCUT2D eigenvalue weighted by Crippen LogP contribution is 2.18. The third kappa shape index (κ3) is 7.03. The van der Waals surface area contributed by atoms with Gasteiger partial charge in [-0.2, -0.15) is 0 Å². The zero-order valence-corrected chi connectivity index (χ0v) is 9.76. The molecule has 0 aliphatic rings. The highest BCUT2D eigenvalue weighted by molar-refractivity contribution is 4.68. The normalized spacial score (nSPS) is 17.1. The topological polar surface area (TPSA) is 35.2 Å². The molecule has 0 aromatic heterocycles. The van der Waals surface area contributed by atoms with Crippen LogP contribution in [-0.4, -0.2) is 18.8 Å². The maximum Gasteiger partial charge on any atom is 0.0697 e. The molecular formula is C11H25NO. The predicted octanol–water partition coefficient (Wildman–Crippen LogP) is 2.57. The Kier molecular flexibility index (Phi) is 5.57. The lowest BCUT2D eigenvalue weighted by Crippen LogP contribution is -2.34. The Morgan fingerprint density at radius 3 is 2.23 bits per heavy atom. The fourth-order valence-corrected chi connectivity index (χ4v) is 1.01. The van der Waals surface area contributed by atoms with Crippen LogP contribution in [0.2, 0.25) is 0 Å². The van der Waals surface area contributed by atoms with Crippen molar-refractivity contribution in [2.45, 2.75) is 59.6 Å². The van der Waals surface area contributed by atoms with Crippen LogP contribution >= 0.6 is 0 Å². The Balaban J connectivity index is 3.53. The van der Waals surface area contributed by atoms with Crippen LogP contribution in [0.3, 0.4) is 0 Å². The molecule has 0 saturated heterocycles. The molecule has 2 unspecified atom stereocenters. The van der Waals surface area contributed by atoms with Gasteiger partial charge < -0.3 is 10.5 Å². The minimum atomic E-state index is 0.181. The van der Waals surface area contributed by atoms with E-state index in [1.54, 1.807) is 0 Å². The molecule has 2 atom stereocenters. The van der Waals surface area contributed by atoms with Crippen molar-refractivity contribution in [2.24, 2.45) is 11.1 Å². The smallest absolute Gasteiger partial charge is 0.0697 e. The number of hydrogen-bond acceptors (Lipinski definition) is 2. The van der Waals surface area contributed by atoms with Gasteiger partial charge in [0.15, 0.2) is 0 Å². The fourth-order valence-electron chi connectivity index (χ4n) is 1.01. The first-order valence-corrected chi connectivity index (χ1v) is 5.24. The standard InChI is InChI=1S/C11H25NO/c1-6-10(12)9(2)13-8-7-11(3,4)5/h9-10H,6-8,12H2,1-5H3. The molecule has 0 saturated carbocycles. The predicted molar refractivity (Wildman–Crippen MR) is 57.8 cm³/mol. The van der Waals surface area contributed by atoms with Gasteiger partial charge in [-0.3, -0.25) is 0 Å². The van der Waals surface area contributed by atoms with Crippen molar-refractivity contribution < 1.29 is 4.74 Å². The highest BCUT2D eigenvalue weighted by Gasteiger charge is 2.13. The molecule has 0 rings (SSSR count). The van der Waals surface area contributed by atoms with E-state index in [1.807, 2.05) is 0 Å². The van der Waals surface area contributed by atoms with Crippen LogP contribution in [-0.2, 0) is 4.74 Å². The molecule has 0 aromatic rings. The summed E-state index contributed by atoms with van der Waals surface area (Å²) in [5.41, 5.74) is 6.20. The van der Waals surface area contributed by atoms with Gasteiger partial charge in [0.1, 0.15) is 0 Å². The summed E-state index contributed by atoms with van der Waals surface area (Å²) in [5.74, 6) is 0. The van der Waals surface area contributed by atoms with Crippen molar-refractivity contribution in [2.75, 3.05) is 6.61 Å². The van der Waals surface area contributed by atoms with Gasteiger partial charge in [-0.25, -0.2) is 0 Å². The number of nitrogens with two attached hydrogens (primary N) is 1. The Hall–Kier alpha value is -0.0800. The molecule has 2 N–H and O–H groups in total. The van der Waals surface area contributed by atoms with Gasteiger partial charge in [0, 0.05) is 12.6 Å². The lowest BCUT2D eigenvalue weighted by atomic mass is 9.93. The van der Waals surface area contributed by atoms with Crippen molar-refractivity contribution in [1.82, 2.24) is 0 Å². The van der Waals surface area contributed by atoms with E-state index in [0.29, 0.717) is 5.41 Å². The zero-order chi connectivity index (χ0) is 10.5. The molecule has 0 radical (unpaired) electrons. The van der Waals surface area contributed by atoms with Crippen molar-refractivity contribution in [3.05, 3.63) is 0 Å². The second-order valence-electron chi connectivity index (χ2n) is 4.96. The number of hydrogen-bond donors (Lipinski definition) is 1. The quantitative estimate of drug-likeness (QED) is 0.718. The minimum Gasteiger partial charge on any atom is -0.377 e. The first-order valence-electron chi connectivity index (χ1n) is 5.24. The van der Waals surface area contributed by atoms with E-state index in [0.717, 1.165) is 19.4 Å². The van der Waals surface area contributed by atoms with Gasteiger partial charge in [0.05, 0.1) is 6.10 Å². The second kappa shape index (κ2) is 5.61. The fraction of sp³-hybridized carbons (Fsp3) is 1.00. The van der Waals surface area contributed by atoms with E-state index in [-0.39, 0.29) is 12.1 Å². The Morgan fingerprint density at radius 1 is 1.31 bits per heavy atom. The van der Waals surface area contributed by atoms with Crippen LogP contribution in [0.4, 0.5) is 0 Å². The van der Waals surface area contributed by atoms with E-state index in [1.165, 1.54) is 0 Å². The van der Waals surface area contributed by atoms with E-state index in [4.69, 9.17) is 10.5 Å². The molecule has 0 bridgehead atoms. The Morgan fingerprint density at radius 2 is 1.85 bits per heavy atom. The van der Waals surface area contributed by atoms with Gasteiger partial charge in [-0.15, -0.1) is 0 Å². The molecule has 2 heteroatoms. The van der Waals surface area contributed by atoms with Crippen LogP contribution in [0, 0.1) is 5.41 Å². The molecule has 0 amide bonds. The summed E-state index contributed by atoms with van der Waals surface area (Å²) in [7, 11) is 0. The molecule has 0 fully saturated rings. The maximum atomic E-state index is 5.84. The van der Waals surface area contributed by atoms with Crippen LogP contribution < -0.4 is 5.73 Å². The zero-order valence-electron chi connectivity index (χ0n) is 9.76. The lowest BCUT2D eigenvalue weighted by molar-refractivity contribution is 0.0329. The molecule has 0 aliphatic carbocycles.